The molecule has 4 N–H and O–H groups in total. The number of hydrogen-bond donors (Lipinski definition) is 3. The molecule has 56 valence electrons. The summed E-state index contributed by atoms with van der Waals surface area (Å²) in [4.78, 5) is 16.3. The van der Waals surface area contributed by atoms with Crippen molar-refractivity contribution in [2.45, 2.75) is 13.0 Å². The van der Waals surface area contributed by atoms with Gasteiger partial charge >= 0.3 is 7.82 Å². The van der Waals surface area contributed by atoms with Crippen LogP contribution >= 0.6 is 7.82 Å². The van der Waals surface area contributed by atoms with Crippen LogP contribution in [0.4, 0.5) is 0 Å². The first-order valence-corrected chi connectivity index (χ1v) is 3.92. The third-order valence-corrected chi connectivity index (χ3v) is 1.28. The molecular weight excluding hydrogens is 145 g/mol. The van der Waals surface area contributed by atoms with Gasteiger partial charge in [-0.15, -0.1) is 0 Å². The predicted octanol–water partition coefficient (Wildman–Crippen LogP) is -0.557. The molecule has 0 bridgehead atoms. The van der Waals surface area contributed by atoms with Crippen molar-refractivity contribution >= 4 is 7.82 Å². The molecular formula is C3H10NO4P. The van der Waals surface area contributed by atoms with E-state index in [1.54, 1.807) is 0 Å². The van der Waals surface area contributed by atoms with E-state index in [-0.39, 0.29) is 6.54 Å². The first kappa shape index (κ1) is 9.07. The molecule has 0 radical (unpaired) electrons. The van der Waals surface area contributed by atoms with Crippen LogP contribution in [0.3, 0.4) is 0 Å². The number of hydrogen-bond acceptors (Lipinski definition) is 3. The van der Waals surface area contributed by atoms with E-state index in [1.165, 1.54) is 6.92 Å². The molecule has 0 spiro atoms. The highest BCUT2D eigenvalue weighted by atomic mass is 31.2. The maximum absolute atomic E-state index is 10.0. The highest BCUT2D eigenvalue weighted by Gasteiger charge is 2.16. The van der Waals surface area contributed by atoms with Gasteiger partial charge in [-0.2, -0.15) is 0 Å². The Morgan fingerprint density at radius 3 is 2.33 bits per heavy atom. The Morgan fingerprint density at radius 2 is 2.22 bits per heavy atom. The highest BCUT2D eigenvalue weighted by Crippen LogP contribution is 2.37. The quantitative estimate of drug-likeness (QED) is 0.475. The van der Waals surface area contributed by atoms with Crippen molar-refractivity contribution in [3.8, 4) is 0 Å². The van der Waals surface area contributed by atoms with Crippen LogP contribution in [0.15, 0.2) is 0 Å². The molecule has 0 fully saturated rings. The maximum Gasteiger partial charge on any atom is 0.469 e. The summed E-state index contributed by atoms with van der Waals surface area (Å²) < 4.78 is 14.1. The van der Waals surface area contributed by atoms with Crippen LogP contribution in [0.1, 0.15) is 6.92 Å². The second kappa shape index (κ2) is 3.29. The fraction of sp³-hybridized carbons (Fsp3) is 1.00. The van der Waals surface area contributed by atoms with Gasteiger partial charge in [0.05, 0.1) is 6.10 Å². The first-order chi connectivity index (χ1) is 3.95. The molecule has 9 heavy (non-hydrogen) atoms. The van der Waals surface area contributed by atoms with Crippen molar-refractivity contribution in [1.29, 1.82) is 0 Å². The summed E-state index contributed by atoms with van der Waals surface area (Å²) in [5.74, 6) is 0. The van der Waals surface area contributed by atoms with E-state index in [4.69, 9.17) is 15.5 Å². The molecule has 0 saturated heterocycles. The van der Waals surface area contributed by atoms with Crippen LogP contribution in [0.5, 0.6) is 0 Å². The second-order valence-electron chi connectivity index (χ2n) is 1.64. The largest absolute Gasteiger partial charge is 0.469 e. The SMILES string of the molecule is CC(CN)OP(=O)(O)O. The summed E-state index contributed by atoms with van der Waals surface area (Å²) >= 11 is 0. The normalized spacial score (nSPS) is 15.6. The van der Waals surface area contributed by atoms with E-state index in [1.807, 2.05) is 0 Å². The Kier molecular flexibility index (Phi) is 3.32. The lowest BCUT2D eigenvalue weighted by Gasteiger charge is -2.09. The predicted molar refractivity (Wildman–Crippen MR) is 31.6 cm³/mol. The zero-order valence-corrected chi connectivity index (χ0v) is 5.91. The van der Waals surface area contributed by atoms with Crippen LogP contribution in [0, 0.1) is 0 Å². The van der Waals surface area contributed by atoms with E-state index >= 15 is 0 Å². The number of phosphoric ester groups is 1. The van der Waals surface area contributed by atoms with Crippen LogP contribution in [0.25, 0.3) is 0 Å². The number of rotatable bonds is 3. The summed E-state index contributed by atoms with van der Waals surface area (Å²) in [5.41, 5.74) is 5.01. The number of phosphoric acid groups is 1. The van der Waals surface area contributed by atoms with Gasteiger partial charge in [-0.25, -0.2) is 4.57 Å². The van der Waals surface area contributed by atoms with Crippen LogP contribution in [-0.4, -0.2) is 22.4 Å². The van der Waals surface area contributed by atoms with Gasteiger partial charge in [-0.05, 0) is 6.92 Å². The van der Waals surface area contributed by atoms with Crippen LogP contribution in [-0.2, 0) is 9.09 Å². The molecule has 0 rings (SSSR count). The maximum atomic E-state index is 10.0. The summed E-state index contributed by atoms with van der Waals surface area (Å²) in [5, 5.41) is 0. The molecule has 0 aromatic heterocycles. The lowest BCUT2D eigenvalue weighted by Crippen LogP contribution is -2.18. The molecule has 1 unspecified atom stereocenters. The standard InChI is InChI=1S/C3H10NO4P/c1-3(2-4)8-9(5,6)7/h3H,2,4H2,1H3,(H2,5,6,7). The minimum Gasteiger partial charge on any atom is -0.328 e. The second-order valence-corrected chi connectivity index (χ2v) is 2.83. The summed E-state index contributed by atoms with van der Waals surface area (Å²) in [6.07, 6.45) is -0.592. The molecule has 0 aliphatic carbocycles. The van der Waals surface area contributed by atoms with Gasteiger partial charge < -0.3 is 15.5 Å². The third-order valence-electron chi connectivity index (χ3n) is 0.649. The first-order valence-electron chi connectivity index (χ1n) is 2.39. The summed E-state index contributed by atoms with van der Waals surface area (Å²) in [6, 6.07) is 0. The van der Waals surface area contributed by atoms with Crippen molar-refractivity contribution in [3.05, 3.63) is 0 Å². The van der Waals surface area contributed by atoms with Crippen molar-refractivity contribution in [1.82, 2.24) is 0 Å². The van der Waals surface area contributed by atoms with Crippen molar-refractivity contribution < 1.29 is 18.9 Å². The van der Waals surface area contributed by atoms with Crippen molar-refractivity contribution in [3.63, 3.8) is 0 Å². The van der Waals surface area contributed by atoms with E-state index in [2.05, 4.69) is 4.52 Å². The van der Waals surface area contributed by atoms with E-state index in [0.717, 1.165) is 0 Å². The summed E-state index contributed by atoms with van der Waals surface area (Å²) in [6.45, 7) is 1.59. The smallest absolute Gasteiger partial charge is 0.328 e. The Balaban J connectivity index is 3.60. The highest BCUT2D eigenvalue weighted by molar-refractivity contribution is 7.46. The fourth-order valence-corrected chi connectivity index (χ4v) is 0.832. The van der Waals surface area contributed by atoms with Gasteiger partial charge in [-0.1, -0.05) is 0 Å². The van der Waals surface area contributed by atoms with Gasteiger partial charge in [0.2, 0.25) is 0 Å². The minimum absolute atomic E-state index is 0.102. The molecule has 0 saturated carbocycles. The number of nitrogens with two attached hydrogens (primary N) is 1. The molecule has 0 aromatic rings. The molecule has 0 aromatic carbocycles. The molecule has 0 aliphatic heterocycles. The van der Waals surface area contributed by atoms with Gasteiger partial charge in [0.1, 0.15) is 0 Å². The Morgan fingerprint density at radius 1 is 1.78 bits per heavy atom. The zero-order chi connectivity index (χ0) is 7.49. The van der Waals surface area contributed by atoms with E-state index < -0.39 is 13.9 Å². The van der Waals surface area contributed by atoms with Gasteiger partial charge in [-0.3, -0.25) is 4.52 Å². The van der Waals surface area contributed by atoms with E-state index in [9.17, 15) is 4.57 Å². The Labute approximate surface area is 53.1 Å². The molecule has 0 heterocycles. The van der Waals surface area contributed by atoms with Gasteiger partial charge in [0.25, 0.3) is 0 Å². The average molecular weight is 155 g/mol. The third kappa shape index (κ3) is 5.95. The van der Waals surface area contributed by atoms with Crippen molar-refractivity contribution in [2.75, 3.05) is 6.54 Å². The van der Waals surface area contributed by atoms with Gasteiger partial charge in [0.15, 0.2) is 0 Å². The fourth-order valence-electron chi connectivity index (χ4n) is 0.277. The summed E-state index contributed by atoms with van der Waals surface area (Å²) in [7, 11) is -4.32. The van der Waals surface area contributed by atoms with Gasteiger partial charge in [0, 0.05) is 6.54 Å². The lowest BCUT2D eigenvalue weighted by atomic mass is 10.4. The zero-order valence-electron chi connectivity index (χ0n) is 5.02. The lowest BCUT2D eigenvalue weighted by molar-refractivity contribution is 0.149. The van der Waals surface area contributed by atoms with Crippen LogP contribution < -0.4 is 5.73 Å². The average Bonchev–Trinajstić information content (AvgIpc) is 1.62. The van der Waals surface area contributed by atoms with E-state index in [0.29, 0.717) is 0 Å². The van der Waals surface area contributed by atoms with Crippen LogP contribution in [0.2, 0.25) is 0 Å². The molecule has 0 amide bonds. The minimum atomic E-state index is -4.32. The molecule has 6 heteroatoms. The monoisotopic (exact) mass is 155 g/mol. The Hall–Kier alpha value is 0.0700. The molecule has 1 atom stereocenters. The molecule has 0 aliphatic rings. The molecule has 5 nitrogen and oxygen atoms in total. The van der Waals surface area contributed by atoms with Crippen molar-refractivity contribution in [2.24, 2.45) is 5.73 Å². The Bertz CT molecular complexity index is 121. The topological polar surface area (TPSA) is 92.8 Å².